The van der Waals surface area contributed by atoms with Crippen molar-refractivity contribution in [3.05, 3.63) is 34.4 Å². The Kier molecular flexibility index (Phi) is 4.79. The van der Waals surface area contributed by atoms with Crippen LogP contribution in [0.4, 0.5) is 16.2 Å². The lowest BCUT2D eigenvalue weighted by Crippen LogP contribution is -2.38. The van der Waals surface area contributed by atoms with E-state index in [1.54, 1.807) is 20.8 Å². The summed E-state index contributed by atoms with van der Waals surface area (Å²) in [5, 5.41) is 10.9. The number of rotatable bonds is 3. The minimum atomic E-state index is -2.79. The fourth-order valence-corrected chi connectivity index (χ4v) is 1.83. The second-order valence-electron chi connectivity index (χ2n) is 4.75. The molecule has 0 fully saturated rings. The maximum atomic E-state index is 11.9. The summed E-state index contributed by atoms with van der Waals surface area (Å²) in [4.78, 5) is 22.1. The molecule has 8 nitrogen and oxygen atoms in total. The fraction of sp³-hybridized carbons (Fsp3) is 0.364. The number of carbonyl (C=O) groups is 1. The van der Waals surface area contributed by atoms with Crippen LogP contribution in [-0.2, 0) is 16.0 Å². The first kappa shape index (κ1) is 16.1. The van der Waals surface area contributed by atoms with Gasteiger partial charge < -0.3 is 4.74 Å². The van der Waals surface area contributed by atoms with E-state index >= 15 is 0 Å². The molecule has 0 aromatic heterocycles. The highest BCUT2D eigenvalue weighted by molar-refractivity contribution is 7.81. The lowest BCUT2D eigenvalue weighted by atomic mass is 10.2. The van der Waals surface area contributed by atoms with Crippen molar-refractivity contribution < 1.29 is 23.2 Å². The van der Waals surface area contributed by atoms with Gasteiger partial charge in [0.05, 0.1) is 4.92 Å². The van der Waals surface area contributed by atoms with Crippen LogP contribution in [0.5, 0.6) is 0 Å². The Hall–Kier alpha value is -2.00. The van der Waals surface area contributed by atoms with Crippen LogP contribution in [0, 0.1) is 10.1 Å². The first-order chi connectivity index (χ1) is 9.13. The number of hydrogen-bond donors (Lipinski definition) is 1. The number of hydrogen-bond acceptors (Lipinski definition) is 5. The molecule has 1 aromatic rings. The third kappa shape index (κ3) is 4.00. The first-order valence-corrected chi connectivity index (χ1v) is 6.57. The molecule has 0 spiro atoms. The van der Waals surface area contributed by atoms with Crippen LogP contribution in [0.2, 0.25) is 0 Å². The maximum Gasteiger partial charge on any atom is 0.429 e. The van der Waals surface area contributed by atoms with Gasteiger partial charge in [-0.3, -0.25) is 14.7 Å². The molecule has 0 bridgehead atoms. The second-order valence-corrected chi connectivity index (χ2v) is 5.58. The normalized spacial score (nSPS) is 12.6. The molecule has 1 atom stereocenters. The van der Waals surface area contributed by atoms with Gasteiger partial charge in [0.1, 0.15) is 11.3 Å². The molecule has 1 unspecified atom stereocenters. The van der Waals surface area contributed by atoms with Crippen LogP contribution < -0.4 is 4.31 Å². The number of anilines is 1. The van der Waals surface area contributed by atoms with Gasteiger partial charge in [0.2, 0.25) is 0 Å². The van der Waals surface area contributed by atoms with Crippen LogP contribution in [0.1, 0.15) is 20.8 Å². The molecule has 1 aromatic carbocycles. The Labute approximate surface area is 117 Å². The summed E-state index contributed by atoms with van der Waals surface area (Å²) in [6.45, 7) is 4.72. The number of benzene rings is 1. The summed E-state index contributed by atoms with van der Waals surface area (Å²) in [5.41, 5.74) is -1.69. The van der Waals surface area contributed by atoms with E-state index in [2.05, 4.69) is 0 Å². The van der Waals surface area contributed by atoms with E-state index in [0.717, 1.165) is 6.07 Å². The van der Waals surface area contributed by atoms with Crippen LogP contribution in [-0.4, -0.2) is 25.4 Å². The third-order valence-electron chi connectivity index (χ3n) is 2.01. The smallest absolute Gasteiger partial charge is 0.429 e. The number of ether oxygens (including phenoxy) is 1. The van der Waals surface area contributed by atoms with Crippen molar-refractivity contribution in [3.63, 3.8) is 0 Å². The molecule has 0 aliphatic heterocycles. The van der Waals surface area contributed by atoms with Crippen molar-refractivity contribution in [2.24, 2.45) is 0 Å². The Balaban J connectivity index is 3.26. The van der Waals surface area contributed by atoms with Crippen molar-refractivity contribution in [2.45, 2.75) is 26.4 Å². The van der Waals surface area contributed by atoms with Gasteiger partial charge in [-0.15, -0.1) is 0 Å². The van der Waals surface area contributed by atoms with Gasteiger partial charge in [-0.25, -0.2) is 9.00 Å². The molecule has 0 heterocycles. The average Bonchev–Trinajstić information content (AvgIpc) is 2.26. The van der Waals surface area contributed by atoms with Crippen molar-refractivity contribution in [3.8, 4) is 0 Å². The van der Waals surface area contributed by atoms with Gasteiger partial charge in [-0.2, -0.15) is 4.31 Å². The summed E-state index contributed by atoms with van der Waals surface area (Å²) in [6, 6.07) is 5.11. The van der Waals surface area contributed by atoms with Crippen LogP contribution in [0.15, 0.2) is 24.3 Å². The molecule has 0 radical (unpaired) electrons. The van der Waals surface area contributed by atoms with E-state index in [1.807, 2.05) is 0 Å². The number of amides is 1. The topological polar surface area (TPSA) is 110 Å². The molecular weight excluding hydrogens is 288 g/mol. The Bertz CT molecular complexity index is 554. The van der Waals surface area contributed by atoms with Gasteiger partial charge in [0.15, 0.2) is 0 Å². The van der Waals surface area contributed by atoms with E-state index in [4.69, 9.17) is 4.74 Å². The van der Waals surface area contributed by atoms with E-state index in [-0.39, 0.29) is 5.69 Å². The molecule has 0 saturated carbocycles. The number of nitro benzene ring substituents is 1. The molecule has 20 heavy (non-hydrogen) atoms. The third-order valence-corrected chi connectivity index (χ3v) is 2.67. The number of para-hydroxylation sites is 2. The Morgan fingerprint density at radius 3 is 2.40 bits per heavy atom. The zero-order valence-corrected chi connectivity index (χ0v) is 11.9. The molecule has 9 heteroatoms. The second kappa shape index (κ2) is 5.97. The monoisotopic (exact) mass is 302 g/mol. The average molecular weight is 302 g/mol. The van der Waals surface area contributed by atoms with Gasteiger partial charge >= 0.3 is 6.09 Å². The Morgan fingerprint density at radius 1 is 1.40 bits per heavy atom. The number of nitro groups is 1. The van der Waals surface area contributed by atoms with E-state index in [1.165, 1.54) is 18.2 Å². The molecule has 0 aliphatic rings. The van der Waals surface area contributed by atoms with Crippen molar-refractivity contribution in [1.82, 2.24) is 0 Å². The predicted octanol–water partition coefficient (Wildman–Crippen LogP) is 2.47. The summed E-state index contributed by atoms with van der Waals surface area (Å²) in [7, 11) is 0. The summed E-state index contributed by atoms with van der Waals surface area (Å²) < 4.78 is 25.8. The van der Waals surface area contributed by atoms with Crippen molar-refractivity contribution >= 4 is 28.7 Å². The van der Waals surface area contributed by atoms with Crippen molar-refractivity contribution in [2.75, 3.05) is 4.31 Å². The lowest BCUT2D eigenvalue weighted by Gasteiger charge is -2.24. The molecule has 0 saturated heterocycles. The quantitative estimate of drug-likeness (QED) is 0.521. The fourth-order valence-electron chi connectivity index (χ4n) is 1.34. The van der Waals surface area contributed by atoms with Gasteiger partial charge in [0.25, 0.3) is 17.0 Å². The number of nitrogens with zero attached hydrogens (tertiary/aromatic N) is 2. The van der Waals surface area contributed by atoms with E-state index in [0.29, 0.717) is 4.31 Å². The molecule has 0 aliphatic carbocycles. The highest BCUT2D eigenvalue weighted by Crippen LogP contribution is 2.29. The van der Waals surface area contributed by atoms with E-state index < -0.39 is 33.6 Å². The van der Waals surface area contributed by atoms with Crippen LogP contribution in [0.3, 0.4) is 0 Å². The predicted molar refractivity (Wildman–Crippen MR) is 72.6 cm³/mol. The van der Waals surface area contributed by atoms with Gasteiger partial charge in [-0.05, 0) is 26.8 Å². The molecule has 1 amide bonds. The highest BCUT2D eigenvalue weighted by Gasteiger charge is 2.32. The summed E-state index contributed by atoms with van der Waals surface area (Å²) >= 11 is -2.79. The zero-order chi connectivity index (χ0) is 15.5. The van der Waals surface area contributed by atoms with Crippen LogP contribution >= 0.6 is 0 Å². The molecule has 1 N–H and O–H groups in total. The number of carbonyl (C=O) groups excluding carboxylic acids is 1. The van der Waals surface area contributed by atoms with E-state index in [9.17, 15) is 23.7 Å². The summed E-state index contributed by atoms with van der Waals surface area (Å²) in [6.07, 6.45) is -1.15. The summed E-state index contributed by atoms with van der Waals surface area (Å²) in [5.74, 6) is 0. The standard InChI is InChI=1S/C11H14N2O6S/c1-11(2,3)19-10(14)12(20(17)18)8-6-4-5-7-9(8)13(15)16/h4-7H,1-3H3,(H,17,18). The molecular formula is C11H14N2O6S. The lowest BCUT2D eigenvalue weighted by molar-refractivity contribution is -0.384. The van der Waals surface area contributed by atoms with Gasteiger partial charge in [-0.1, -0.05) is 12.1 Å². The maximum absolute atomic E-state index is 11.9. The molecule has 1 rings (SSSR count). The minimum Gasteiger partial charge on any atom is -0.443 e. The zero-order valence-electron chi connectivity index (χ0n) is 11.1. The Morgan fingerprint density at radius 2 is 1.95 bits per heavy atom. The van der Waals surface area contributed by atoms with Crippen LogP contribution in [0.25, 0.3) is 0 Å². The SMILES string of the molecule is CC(C)(C)OC(=O)N(c1ccccc1[N+](=O)[O-])S(=O)O. The highest BCUT2D eigenvalue weighted by atomic mass is 32.2. The first-order valence-electron chi connectivity index (χ1n) is 5.51. The largest absolute Gasteiger partial charge is 0.443 e. The van der Waals surface area contributed by atoms with Gasteiger partial charge in [0, 0.05) is 6.07 Å². The van der Waals surface area contributed by atoms with Crippen molar-refractivity contribution in [1.29, 1.82) is 0 Å². The molecule has 110 valence electrons. The minimum absolute atomic E-state index is 0.312.